The van der Waals surface area contributed by atoms with E-state index in [2.05, 4.69) is 0 Å². The first kappa shape index (κ1) is 13.5. The third-order valence-electron chi connectivity index (χ3n) is 2.26. The summed E-state index contributed by atoms with van der Waals surface area (Å²) in [6.45, 7) is 0. The number of rotatable bonds is 2. The maximum atomic E-state index is 12.9. The Morgan fingerprint density at radius 2 is 1.39 bits per heavy atom. The van der Waals surface area contributed by atoms with Gasteiger partial charge < -0.3 is 0 Å². The first-order valence-electron chi connectivity index (χ1n) is 4.89. The van der Waals surface area contributed by atoms with Gasteiger partial charge in [0.15, 0.2) is 3.57 Å². The SMILES string of the molecule is FC(F)(F)C(F)(F)[I+]c1ccc2ccccc2c1. The van der Waals surface area contributed by atoms with Gasteiger partial charge in [0.1, 0.15) is 0 Å². The summed E-state index contributed by atoms with van der Waals surface area (Å²) in [5.74, 6) is 0. The molecule has 0 spiro atoms. The number of alkyl halides is 6. The van der Waals surface area contributed by atoms with Crippen molar-refractivity contribution >= 4 is 10.8 Å². The highest BCUT2D eigenvalue weighted by atomic mass is 127. The van der Waals surface area contributed by atoms with Gasteiger partial charge in [-0.05, 0) is 29.0 Å². The molecule has 0 nitrogen and oxygen atoms in total. The summed E-state index contributed by atoms with van der Waals surface area (Å²) in [6, 6.07) is 11.3. The van der Waals surface area contributed by atoms with Crippen molar-refractivity contribution in [3.05, 3.63) is 46.0 Å². The molecular weight excluding hydrogens is 366 g/mol. The Bertz CT molecular complexity index is 562. The van der Waals surface area contributed by atoms with E-state index in [0.29, 0.717) is 5.39 Å². The van der Waals surface area contributed by atoms with Crippen LogP contribution in [0.25, 0.3) is 10.8 Å². The van der Waals surface area contributed by atoms with E-state index in [1.54, 1.807) is 30.3 Å². The van der Waals surface area contributed by atoms with Gasteiger partial charge in [-0.3, -0.25) is 0 Å². The van der Waals surface area contributed by atoms with Crippen molar-refractivity contribution < 1.29 is 43.2 Å². The van der Waals surface area contributed by atoms with Gasteiger partial charge in [0.25, 0.3) is 0 Å². The van der Waals surface area contributed by atoms with Crippen LogP contribution >= 0.6 is 0 Å². The van der Waals surface area contributed by atoms with Crippen LogP contribution in [0.5, 0.6) is 0 Å². The molecule has 0 radical (unpaired) electrons. The molecule has 6 heteroatoms. The van der Waals surface area contributed by atoms with Crippen LogP contribution in [0, 0.1) is 3.57 Å². The number of benzene rings is 2. The molecule has 2 aromatic carbocycles. The van der Waals surface area contributed by atoms with E-state index < -0.39 is 31.3 Å². The van der Waals surface area contributed by atoms with Crippen LogP contribution in [0.3, 0.4) is 0 Å². The van der Waals surface area contributed by atoms with Crippen molar-refractivity contribution in [2.24, 2.45) is 0 Å². The lowest BCUT2D eigenvalue weighted by atomic mass is 10.1. The summed E-state index contributed by atoms with van der Waals surface area (Å²) < 4.78 is 57.7. The summed E-state index contributed by atoms with van der Waals surface area (Å²) in [5, 5.41) is 1.49. The van der Waals surface area contributed by atoms with Crippen LogP contribution in [0.15, 0.2) is 42.5 Å². The lowest BCUT2D eigenvalue weighted by Gasteiger charge is -2.07. The second-order valence-electron chi connectivity index (χ2n) is 3.58. The maximum Gasteiger partial charge on any atom is 0.543 e. The Morgan fingerprint density at radius 3 is 2.00 bits per heavy atom. The van der Waals surface area contributed by atoms with Gasteiger partial charge in [0.2, 0.25) is 0 Å². The zero-order valence-electron chi connectivity index (χ0n) is 8.81. The van der Waals surface area contributed by atoms with Crippen LogP contribution in [0.4, 0.5) is 22.0 Å². The summed E-state index contributed by atoms with van der Waals surface area (Å²) in [6.07, 6.45) is -5.47. The molecule has 0 aliphatic heterocycles. The van der Waals surface area contributed by atoms with Gasteiger partial charge in [0, 0.05) is 0 Å². The Balaban J connectivity index is 2.33. The van der Waals surface area contributed by atoms with E-state index in [9.17, 15) is 22.0 Å². The summed E-state index contributed by atoms with van der Waals surface area (Å²) in [4.78, 5) is 0. The van der Waals surface area contributed by atoms with Gasteiger partial charge in [0.05, 0.1) is 0 Å². The first-order chi connectivity index (χ1) is 8.29. The Hall–Kier alpha value is -0.920. The number of hydrogen-bond donors (Lipinski definition) is 0. The standard InChI is InChI=1S/C12H7F5I/c13-11(14,15)12(16,17)18-10-6-5-8-3-1-2-4-9(8)7-10/h1-7H/q+1. The van der Waals surface area contributed by atoms with E-state index in [1.165, 1.54) is 12.1 Å². The molecule has 0 bridgehead atoms. The molecule has 0 aromatic heterocycles. The highest BCUT2D eigenvalue weighted by Crippen LogP contribution is 2.28. The molecule has 2 rings (SSSR count). The lowest BCUT2D eigenvalue weighted by molar-refractivity contribution is -0.791. The molecule has 0 amide bonds. The zero-order chi connectivity index (χ0) is 13.4. The predicted molar refractivity (Wildman–Crippen MR) is 53.6 cm³/mol. The normalized spacial score (nSPS) is 12.9. The van der Waals surface area contributed by atoms with Crippen LogP contribution in [0.1, 0.15) is 0 Å². The summed E-state index contributed by atoms with van der Waals surface area (Å²) in [7, 11) is 0. The molecule has 0 fully saturated rings. The first-order valence-corrected chi connectivity index (χ1v) is 7.05. The van der Waals surface area contributed by atoms with E-state index >= 15 is 0 Å². The van der Waals surface area contributed by atoms with Crippen LogP contribution in [0.2, 0.25) is 0 Å². The van der Waals surface area contributed by atoms with Gasteiger partial charge in [-0.1, -0.05) is 24.3 Å². The van der Waals surface area contributed by atoms with E-state index in [4.69, 9.17) is 0 Å². The molecule has 0 N–H and O–H groups in total. The molecule has 2 aromatic rings. The van der Waals surface area contributed by atoms with Crippen LogP contribution < -0.4 is 21.2 Å². The lowest BCUT2D eigenvalue weighted by Crippen LogP contribution is -3.68. The van der Waals surface area contributed by atoms with Gasteiger partial charge >= 0.3 is 31.3 Å². The third-order valence-corrected chi connectivity index (χ3v) is 4.84. The fourth-order valence-electron chi connectivity index (χ4n) is 1.41. The van der Waals surface area contributed by atoms with Crippen molar-refractivity contribution in [3.63, 3.8) is 0 Å². The molecule has 0 atom stereocenters. The smallest absolute Gasteiger partial charge is 0.161 e. The average molecular weight is 373 g/mol. The number of fused-ring (bicyclic) bond motifs is 1. The summed E-state index contributed by atoms with van der Waals surface area (Å²) in [5.41, 5.74) is 0. The second kappa shape index (κ2) is 4.64. The topological polar surface area (TPSA) is 0 Å². The van der Waals surface area contributed by atoms with Crippen molar-refractivity contribution in [2.75, 3.05) is 0 Å². The van der Waals surface area contributed by atoms with Crippen molar-refractivity contribution in [1.82, 2.24) is 0 Å². The molecule has 0 saturated heterocycles. The van der Waals surface area contributed by atoms with E-state index in [1.807, 2.05) is 0 Å². The minimum atomic E-state index is -5.47. The highest BCUT2D eigenvalue weighted by molar-refractivity contribution is 5.81. The van der Waals surface area contributed by atoms with Gasteiger partial charge in [-0.2, -0.15) is 13.2 Å². The predicted octanol–water partition coefficient (Wildman–Crippen LogP) is 1.25. The molecule has 0 saturated carbocycles. The fourth-order valence-corrected chi connectivity index (χ4v) is 3.35. The second-order valence-corrected chi connectivity index (χ2v) is 6.72. The van der Waals surface area contributed by atoms with E-state index in [-0.39, 0.29) is 3.57 Å². The Morgan fingerprint density at radius 1 is 0.778 bits per heavy atom. The minimum Gasteiger partial charge on any atom is -0.161 e. The molecular formula is C12H7F5I+. The Kier molecular flexibility index (Phi) is 3.48. The highest BCUT2D eigenvalue weighted by Gasteiger charge is 2.70. The monoisotopic (exact) mass is 373 g/mol. The average Bonchev–Trinajstić information content (AvgIpc) is 2.27. The Labute approximate surface area is 110 Å². The minimum absolute atomic E-state index is 0.0785. The molecule has 0 aliphatic rings. The molecule has 0 aliphatic carbocycles. The van der Waals surface area contributed by atoms with Crippen LogP contribution in [-0.2, 0) is 0 Å². The van der Waals surface area contributed by atoms with Crippen LogP contribution in [-0.4, -0.2) is 10.1 Å². The zero-order valence-corrected chi connectivity index (χ0v) is 11.0. The third kappa shape index (κ3) is 2.73. The summed E-state index contributed by atoms with van der Waals surface area (Å²) >= 11 is -2.44. The molecule has 18 heavy (non-hydrogen) atoms. The number of halogens is 6. The van der Waals surface area contributed by atoms with Crippen molar-refractivity contribution in [2.45, 2.75) is 10.1 Å². The molecule has 0 heterocycles. The van der Waals surface area contributed by atoms with E-state index in [0.717, 1.165) is 5.39 Å². The van der Waals surface area contributed by atoms with Gasteiger partial charge in [-0.25, -0.2) is 0 Å². The maximum absolute atomic E-state index is 12.9. The fraction of sp³-hybridized carbons (Fsp3) is 0.167. The van der Waals surface area contributed by atoms with Crippen molar-refractivity contribution in [1.29, 1.82) is 0 Å². The van der Waals surface area contributed by atoms with Gasteiger partial charge in [-0.15, -0.1) is 8.78 Å². The molecule has 96 valence electrons. The quantitative estimate of drug-likeness (QED) is 0.423. The van der Waals surface area contributed by atoms with Crippen molar-refractivity contribution in [3.8, 4) is 0 Å². The largest absolute Gasteiger partial charge is 0.543 e. The number of hydrogen-bond acceptors (Lipinski definition) is 0. The molecule has 0 unspecified atom stereocenters.